The molecule has 0 aliphatic rings. The molecule has 0 unspecified atom stereocenters. The Labute approximate surface area is 285 Å². The molecule has 0 aliphatic heterocycles. The van der Waals surface area contributed by atoms with Gasteiger partial charge in [0.25, 0.3) is 0 Å². The lowest BCUT2D eigenvalue weighted by Crippen LogP contribution is -1.88. The molecule has 2 heterocycles. The van der Waals surface area contributed by atoms with Crippen LogP contribution < -0.4 is 0 Å². The summed E-state index contributed by atoms with van der Waals surface area (Å²) in [5.41, 5.74) is 7.52. The standard InChI is InChI=1S/C44H46N2O2/c1-3-5-7-9-11-13-15-39-41(33-21-17-31(29-45)18-22-33)37-27-25-36-35(43(37)47-39)26-28-38-42(34-23-19-32(30-46)20-24-34)40(48-44(36)38)16-14-12-10-8-6-4-2/h17-28H,3-16H2,1-2H3. The van der Waals surface area contributed by atoms with Crippen molar-refractivity contribution in [3.05, 3.63) is 95.4 Å². The summed E-state index contributed by atoms with van der Waals surface area (Å²) in [4.78, 5) is 0. The fourth-order valence-electron chi connectivity index (χ4n) is 7.15. The first kappa shape index (κ1) is 33.1. The zero-order valence-corrected chi connectivity index (χ0v) is 28.5. The summed E-state index contributed by atoms with van der Waals surface area (Å²) in [7, 11) is 0. The Morgan fingerprint density at radius 3 is 1.17 bits per heavy atom. The van der Waals surface area contributed by atoms with Crippen LogP contribution in [0.5, 0.6) is 0 Å². The molecule has 6 aromatic rings. The van der Waals surface area contributed by atoms with Gasteiger partial charge in [-0.2, -0.15) is 10.5 Å². The molecule has 0 atom stereocenters. The minimum absolute atomic E-state index is 0.657. The van der Waals surface area contributed by atoms with E-state index in [1.54, 1.807) is 0 Å². The van der Waals surface area contributed by atoms with Gasteiger partial charge in [0, 0.05) is 45.5 Å². The maximum absolute atomic E-state index is 9.41. The van der Waals surface area contributed by atoms with Crippen LogP contribution in [-0.2, 0) is 12.8 Å². The first-order valence-electron chi connectivity index (χ1n) is 18.1. The van der Waals surface area contributed by atoms with Crippen LogP contribution in [0, 0.1) is 22.7 Å². The molecule has 4 nitrogen and oxygen atoms in total. The van der Waals surface area contributed by atoms with Crippen molar-refractivity contribution in [1.82, 2.24) is 0 Å². The number of nitriles is 2. The summed E-state index contributed by atoms with van der Waals surface area (Å²) >= 11 is 0. The average Bonchev–Trinajstić information content (AvgIpc) is 3.69. The van der Waals surface area contributed by atoms with E-state index in [-0.39, 0.29) is 0 Å². The van der Waals surface area contributed by atoms with Gasteiger partial charge in [-0.3, -0.25) is 0 Å². The number of fused-ring (bicyclic) bond motifs is 5. The molecule has 244 valence electrons. The summed E-state index contributed by atoms with van der Waals surface area (Å²) in [6.45, 7) is 4.51. The van der Waals surface area contributed by atoms with Gasteiger partial charge in [-0.15, -0.1) is 0 Å². The van der Waals surface area contributed by atoms with Gasteiger partial charge in [0.05, 0.1) is 23.3 Å². The summed E-state index contributed by atoms with van der Waals surface area (Å²) in [6, 6.07) is 29.0. The third-order valence-electron chi connectivity index (χ3n) is 9.77. The molecule has 0 bridgehead atoms. The minimum Gasteiger partial charge on any atom is -0.460 e. The molecular weight excluding hydrogens is 588 g/mol. The number of rotatable bonds is 16. The zero-order chi connectivity index (χ0) is 33.3. The second-order valence-corrected chi connectivity index (χ2v) is 13.2. The molecule has 4 aromatic carbocycles. The average molecular weight is 635 g/mol. The first-order chi connectivity index (χ1) is 23.7. The molecular formula is C44H46N2O2. The predicted molar refractivity (Wildman–Crippen MR) is 198 cm³/mol. The second kappa shape index (κ2) is 15.9. The van der Waals surface area contributed by atoms with Gasteiger partial charge < -0.3 is 8.83 Å². The van der Waals surface area contributed by atoms with Crippen molar-refractivity contribution in [3.63, 3.8) is 0 Å². The van der Waals surface area contributed by atoms with Crippen LogP contribution in [-0.4, -0.2) is 0 Å². The molecule has 0 saturated carbocycles. The fraction of sp³-hybridized carbons (Fsp3) is 0.364. The van der Waals surface area contributed by atoms with Crippen LogP contribution >= 0.6 is 0 Å². The van der Waals surface area contributed by atoms with E-state index in [2.05, 4.69) is 50.3 Å². The minimum atomic E-state index is 0.657. The number of furan rings is 2. The van der Waals surface area contributed by atoms with Crippen molar-refractivity contribution >= 4 is 32.7 Å². The van der Waals surface area contributed by atoms with Crippen LogP contribution in [0.15, 0.2) is 81.6 Å². The van der Waals surface area contributed by atoms with E-state index in [0.29, 0.717) is 11.1 Å². The summed E-state index contributed by atoms with van der Waals surface area (Å²) < 4.78 is 13.6. The van der Waals surface area contributed by atoms with Crippen molar-refractivity contribution in [2.24, 2.45) is 0 Å². The van der Waals surface area contributed by atoms with Gasteiger partial charge in [0.1, 0.15) is 22.7 Å². The Bertz CT molecular complexity index is 1910. The zero-order valence-electron chi connectivity index (χ0n) is 28.5. The number of hydrogen-bond acceptors (Lipinski definition) is 4. The van der Waals surface area contributed by atoms with Crippen LogP contribution in [0.25, 0.3) is 55.0 Å². The molecule has 0 spiro atoms. The normalized spacial score (nSPS) is 11.4. The van der Waals surface area contributed by atoms with E-state index >= 15 is 0 Å². The summed E-state index contributed by atoms with van der Waals surface area (Å²) in [5.74, 6) is 2.03. The Morgan fingerprint density at radius 2 is 0.792 bits per heavy atom. The van der Waals surface area contributed by atoms with Gasteiger partial charge in [0.15, 0.2) is 0 Å². The molecule has 0 aliphatic carbocycles. The third-order valence-corrected chi connectivity index (χ3v) is 9.77. The topological polar surface area (TPSA) is 73.9 Å². The quantitative estimate of drug-likeness (QED) is 0.0993. The van der Waals surface area contributed by atoms with Gasteiger partial charge >= 0.3 is 0 Å². The van der Waals surface area contributed by atoms with E-state index in [1.165, 1.54) is 64.2 Å². The van der Waals surface area contributed by atoms with Gasteiger partial charge in [-0.1, -0.05) is 102 Å². The maximum atomic E-state index is 9.41. The Hall–Kier alpha value is -4.80. The van der Waals surface area contributed by atoms with Crippen molar-refractivity contribution in [2.75, 3.05) is 0 Å². The lowest BCUT2D eigenvalue weighted by atomic mass is 9.95. The third kappa shape index (κ3) is 7.05. The lowest BCUT2D eigenvalue weighted by Gasteiger charge is -2.05. The molecule has 0 amide bonds. The van der Waals surface area contributed by atoms with Gasteiger partial charge in [-0.25, -0.2) is 0 Å². The Balaban J connectivity index is 1.43. The number of aryl methyl sites for hydroxylation is 2. The van der Waals surface area contributed by atoms with Crippen molar-refractivity contribution < 1.29 is 8.83 Å². The number of benzene rings is 4. The van der Waals surface area contributed by atoms with Crippen LogP contribution in [0.1, 0.15) is 114 Å². The molecule has 0 N–H and O–H groups in total. The molecule has 6 rings (SSSR count). The highest BCUT2D eigenvalue weighted by Crippen LogP contribution is 2.44. The highest BCUT2D eigenvalue weighted by atomic mass is 16.3. The highest BCUT2D eigenvalue weighted by molar-refractivity contribution is 6.18. The smallest absolute Gasteiger partial charge is 0.142 e. The fourth-order valence-corrected chi connectivity index (χ4v) is 7.15. The van der Waals surface area contributed by atoms with E-state index in [4.69, 9.17) is 8.83 Å². The largest absolute Gasteiger partial charge is 0.460 e. The summed E-state index contributed by atoms with van der Waals surface area (Å²) in [6.07, 6.45) is 16.5. The first-order valence-corrected chi connectivity index (χ1v) is 18.1. The SMILES string of the molecule is CCCCCCCCc1oc2c(ccc3c2ccc2c(-c4ccc(C#N)cc4)c(CCCCCCCC)oc23)c1-c1ccc(C#N)cc1. The maximum Gasteiger partial charge on any atom is 0.142 e. The number of nitrogens with zero attached hydrogens (tertiary/aromatic N) is 2. The lowest BCUT2D eigenvalue weighted by molar-refractivity contribution is 0.523. The Kier molecular flexibility index (Phi) is 10.9. The van der Waals surface area contributed by atoms with Crippen molar-refractivity contribution in [2.45, 2.75) is 104 Å². The molecule has 0 fully saturated rings. The monoisotopic (exact) mass is 634 g/mol. The van der Waals surface area contributed by atoms with E-state index in [0.717, 1.165) is 92.2 Å². The van der Waals surface area contributed by atoms with Crippen molar-refractivity contribution in [3.8, 4) is 34.4 Å². The van der Waals surface area contributed by atoms with Gasteiger partial charge in [0.2, 0.25) is 0 Å². The second-order valence-electron chi connectivity index (χ2n) is 13.2. The number of hydrogen-bond donors (Lipinski definition) is 0. The molecule has 2 aromatic heterocycles. The van der Waals surface area contributed by atoms with Crippen LogP contribution in [0.3, 0.4) is 0 Å². The summed E-state index contributed by atoms with van der Waals surface area (Å²) in [5, 5.41) is 23.1. The van der Waals surface area contributed by atoms with E-state index < -0.39 is 0 Å². The van der Waals surface area contributed by atoms with Crippen LogP contribution in [0.4, 0.5) is 0 Å². The van der Waals surface area contributed by atoms with E-state index in [1.807, 2.05) is 48.5 Å². The molecule has 4 heteroatoms. The van der Waals surface area contributed by atoms with Crippen molar-refractivity contribution in [1.29, 1.82) is 10.5 Å². The Morgan fingerprint density at radius 1 is 0.438 bits per heavy atom. The molecule has 48 heavy (non-hydrogen) atoms. The highest BCUT2D eigenvalue weighted by Gasteiger charge is 2.22. The molecule has 0 radical (unpaired) electrons. The van der Waals surface area contributed by atoms with E-state index in [9.17, 15) is 10.5 Å². The predicted octanol–water partition coefficient (Wildman–Crippen LogP) is 13.2. The number of unbranched alkanes of at least 4 members (excludes halogenated alkanes) is 10. The van der Waals surface area contributed by atoms with Crippen LogP contribution in [0.2, 0.25) is 0 Å². The molecule has 0 saturated heterocycles. The van der Waals surface area contributed by atoms with Gasteiger partial charge in [-0.05, 0) is 72.5 Å².